The van der Waals surface area contributed by atoms with Crippen LogP contribution in [0.2, 0.25) is 0 Å². The molecule has 1 saturated heterocycles. The summed E-state index contributed by atoms with van der Waals surface area (Å²) in [7, 11) is 0. The van der Waals surface area contributed by atoms with E-state index in [4.69, 9.17) is 0 Å². The Morgan fingerprint density at radius 3 is 2.44 bits per heavy atom. The Kier molecular flexibility index (Phi) is 5.97. The SMILES string of the molecule is Cc1cccc(N2C(=O)CS[C@H]2c2ccc(NC(=O)c3cccc(C(F)(F)F)c3)cc2)c1. The normalized spacial score (nSPS) is 16.3. The minimum Gasteiger partial charge on any atom is -0.322 e. The summed E-state index contributed by atoms with van der Waals surface area (Å²) in [6, 6.07) is 19.0. The quantitative estimate of drug-likeness (QED) is 0.520. The maximum Gasteiger partial charge on any atom is 0.416 e. The third kappa shape index (κ3) is 4.65. The number of hydrogen-bond donors (Lipinski definition) is 1. The van der Waals surface area contributed by atoms with E-state index < -0.39 is 17.6 Å². The van der Waals surface area contributed by atoms with Crippen molar-refractivity contribution in [3.8, 4) is 0 Å². The highest BCUT2D eigenvalue weighted by molar-refractivity contribution is 8.00. The first-order chi connectivity index (χ1) is 15.2. The average Bonchev–Trinajstić information content (AvgIpc) is 3.15. The molecule has 1 aliphatic heterocycles. The number of carbonyl (C=O) groups is 2. The molecule has 4 nitrogen and oxygen atoms in total. The van der Waals surface area contributed by atoms with Gasteiger partial charge in [-0.1, -0.05) is 30.3 Å². The van der Waals surface area contributed by atoms with E-state index in [2.05, 4.69) is 5.32 Å². The monoisotopic (exact) mass is 456 g/mol. The fraction of sp³-hybridized carbons (Fsp3) is 0.167. The van der Waals surface area contributed by atoms with Crippen LogP contribution >= 0.6 is 11.8 Å². The molecule has 0 aliphatic carbocycles. The van der Waals surface area contributed by atoms with Gasteiger partial charge in [0.1, 0.15) is 5.37 Å². The van der Waals surface area contributed by atoms with Gasteiger partial charge in [0.25, 0.3) is 5.91 Å². The molecular weight excluding hydrogens is 437 g/mol. The van der Waals surface area contributed by atoms with Crippen LogP contribution in [0.15, 0.2) is 72.8 Å². The minimum absolute atomic E-state index is 0.0209. The fourth-order valence-electron chi connectivity index (χ4n) is 3.50. The summed E-state index contributed by atoms with van der Waals surface area (Å²) in [6.45, 7) is 1.97. The molecule has 32 heavy (non-hydrogen) atoms. The summed E-state index contributed by atoms with van der Waals surface area (Å²) in [5.41, 5.74) is 2.27. The van der Waals surface area contributed by atoms with Crippen LogP contribution in [0.1, 0.15) is 32.4 Å². The summed E-state index contributed by atoms with van der Waals surface area (Å²) in [5.74, 6) is -0.240. The number of rotatable bonds is 4. The molecule has 3 aromatic carbocycles. The second kappa shape index (κ2) is 8.70. The molecule has 1 aliphatic rings. The number of nitrogens with zero attached hydrogens (tertiary/aromatic N) is 1. The maximum absolute atomic E-state index is 12.9. The number of nitrogens with one attached hydrogen (secondary N) is 1. The molecular formula is C24H19F3N2O2S. The maximum atomic E-state index is 12.9. The van der Waals surface area contributed by atoms with E-state index in [1.54, 1.807) is 29.2 Å². The van der Waals surface area contributed by atoms with Gasteiger partial charge in [0.15, 0.2) is 0 Å². The number of carbonyl (C=O) groups excluding carboxylic acids is 2. The highest BCUT2D eigenvalue weighted by Crippen LogP contribution is 2.42. The van der Waals surface area contributed by atoms with Crippen molar-refractivity contribution >= 4 is 35.0 Å². The van der Waals surface area contributed by atoms with Crippen LogP contribution in [-0.4, -0.2) is 17.6 Å². The van der Waals surface area contributed by atoms with Gasteiger partial charge >= 0.3 is 6.18 Å². The fourth-order valence-corrected chi connectivity index (χ4v) is 4.68. The summed E-state index contributed by atoms with van der Waals surface area (Å²) in [6.07, 6.45) is -4.52. The van der Waals surface area contributed by atoms with Crippen molar-refractivity contribution in [1.29, 1.82) is 0 Å². The number of thioether (sulfide) groups is 1. The first kappa shape index (κ1) is 22.0. The van der Waals surface area contributed by atoms with Crippen LogP contribution in [0.25, 0.3) is 0 Å². The molecule has 1 fully saturated rings. The van der Waals surface area contributed by atoms with E-state index in [-0.39, 0.29) is 16.8 Å². The van der Waals surface area contributed by atoms with Crippen LogP contribution in [0.4, 0.5) is 24.5 Å². The van der Waals surface area contributed by atoms with Crippen molar-refractivity contribution in [2.45, 2.75) is 18.5 Å². The van der Waals surface area contributed by atoms with Crippen LogP contribution in [-0.2, 0) is 11.0 Å². The second-order valence-corrected chi connectivity index (χ2v) is 8.49. The molecule has 8 heteroatoms. The molecule has 4 rings (SSSR count). The molecule has 0 bridgehead atoms. The molecule has 0 radical (unpaired) electrons. The van der Waals surface area contributed by atoms with E-state index in [0.717, 1.165) is 28.9 Å². The molecule has 3 aromatic rings. The first-order valence-corrected chi connectivity index (χ1v) is 10.9. The molecule has 0 saturated carbocycles. The van der Waals surface area contributed by atoms with Gasteiger partial charge in [-0.2, -0.15) is 13.2 Å². The number of benzene rings is 3. The van der Waals surface area contributed by atoms with Gasteiger partial charge in [-0.15, -0.1) is 11.8 Å². The summed E-state index contributed by atoms with van der Waals surface area (Å²) in [5, 5.41) is 2.42. The van der Waals surface area contributed by atoms with Crippen LogP contribution in [0, 0.1) is 6.92 Å². The minimum atomic E-state index is -4.52. The molecule has 1 N–H and O–H groups in total. The Hall–Kier alpha value is -3.26. The Labute approximate surface area is 187 Å². The van der Waals surface area contributed by atoms with Gasteiger partial charge < -0.3 is 5.32 Å². The van der Waals surface area contributed by atoms with E-state index in [9.17, 15) is 22.8 Å². The zero-order valence-electron chi connectivity index (χ0n) is 17.0. The lowest BCUT2D eigenvalue weighted by atomic mass is 10.1. The van der Waals surface area contributed by atoms with Crippen molar-refractivity contribution in [1.82, 2.24) is 0 Å². The van der Waals surface area contributed by atoms with Crippen LogP contribution < -0.4 is 10.2 Å². The predicted molar refractivity (Wildman–Crippen MR) is 120 cm³/mol. The summed E-state index contributed by atoms with van der Waals surface area (Å²) in [4.78, 5) is 26.7. The first-order valence-electron chi connectivity index (χ1n) is 9.81. The topological polar surface area (TPSA) is 49.4 Å². The summed E-state index contributed by atoms with van der Waals surface area (Å²) >= 11 is 1.52. The Morgan fingerprint density at radius 1 is 1.03 bits per heavy atom. The second-order valence-electron chi connectivity index (χ2n) is 7.42. The van der Waals surface area contributed by atoms with Gasteiger partial charge in [-0.05, 0) is 60.5 Å². The molecule has 164 valence electrons. The lowest BCUT2D eigenvalue weighted by Gasteiger charge is -2.25. The third-order valence-corrected chi connectivity index (χ3v) is 6.27. The lowest BCUT2D eigenvalue weighted by molar-refractivity contribution is -0.137. The summed E-state index contributed by atoms with van der Waals surface area (Å²) < 4.78 is 38.7. The molecule has 2 amide bonds. The van der Waals surface area contributed by atoms with E-state index in [0.29, 0.717) is 11.4 Å². The van der Waals surface area contributed by atoms with Crippen LogP contribution in [0.3, 0.4) is 0 Å². The van der Waals surface area contributed by atoms with Gasteiger partial charge in [0, 0.05) is 16.9 Å². The number of amides is 2. The molecule has 1 heterocycles. The number of halogens is 3. The molecule has 0 unspecified atom stereocenters. The van der Waals surface area contributed by atoms with Crippen molar-refractivity contribution in [2.24, 2.45) is 0 Å². The van der Waals surface area contributed by atoms with E-state index >= 15 is 0 Å². The smallest absolute Gasteiger partial charge is 0.322 e. The van der Waals surface area contributed by atoms with Crippen molar-refractivity contribution in [3.63, 3.8) is 0 Å². The largest absolute Gasteiger partial charge is 0.416 e. The zero-order chi connectivity index (χ0) is 22.9. The van der Waals surface area contributed by atoms with Crippen molar-refractivity contribution in [2.75, 3.05) is 16.0 Å². The van der Waals surface area contributed by atoms with Gasteiger partial charge in [-0.3, -0.25) is 14.5 Å². The highest BCUT2D eigenvalue weighted by atomic mass is 32.2. The number of anilines is 2. The Morgan fingerprint density at radius 2 is 1.75 bits per heavy atom. The van der Waals surface area contributed by atoms with Crippen molar-refractivity contribution < 1.29 is 22.8 Å². The van der Waals surface area contributed by atoms with Crippen molar-refractivity contribution in [3.05, 3.63) is 95.1 Å². The molecule has 0 aromatic heterocycles. The van der Waals surface area contributed by atoms with Crippen LogP contribution in [0.5, 0.6) is 0 Å². The lowest BCUT2D eigenvalue weighted by Crippen LogP contribution is -2.27. The van der Waals surface area contributed by atoms with Gasteiger partial charge in [0.05, 0.1) is 11.3 Å². The van der Waals surface area contributed by atoms with E-state index in [1.165, 1.54) is 23.9 Å². The van der Waals surface area contributed by atoms with E-state index in [1.807, 2.05) is 31.2 Å². The third-order valence-electron chi connectivity index (χ3n) is 5.05. The zero-order valence-corrected chi connectivity index (χ0v) is 17.8. The number of hydrogen-bond acceptors (Lipinski definition) is 3. The average molecular weight is 456 g/mol. The Bertz CT molecular complexity index is 1160. The highest BCUT2D eigenvalue weighted by Gasteiger charge is 2.34. The molecule has 0 spiro atoms. The molecule has 1 atom stereocenters. The van der Waals surface area contributed by atoms with Gasteiger partial charge in [0.2, 0.25) is 5.91 Å². The standard InChI is InChI=1S/C24H19F3N2O2S/c1-15-4-2-7-20(12-15)29-21(30)14-32-23(29)16-8-10-19(11-9-16)28-22(31)17-5-3-6-18(13-17)24(25,26)27/h2-13,23H,14H2,1H3,(H,28,31)/t23-/m0/s1. The predicted octanol–water partition coefficient (Wildman–Crippen LogP) is 6.04. The Balaban J connectivity index is 1.51. The number of alkyl halides is 3. The number of aryl methyl sites for hydroxylation is 1. The van der Waals surface area contributed by atoms with Gasteiger partial charge in [-0.25, -0.2) is 0 Å².